The summed E-state index contributed by atoms with van der Waals surface area (Å²) >= 11 is 0. The molecule has 3 heterocycles. The Hall–Kier alpha value is -2.18. The first kappa shape index (κ1) is 14.4. The lowest BCUT2D eigenvalue weighted by atomic mass is 10.00. The molecule has 23 heavy (non-hydrogen) atoms. The molecular formula is C17H19N3O3. The van der Waals surface area contributed by atoms with E-state index in [-0.39, 0.29) is 11.5 Å². The Bertz CT molecular complexity index is 692. The Labute approximate surface area is 134 Å². The summed E-state index contributed by atoms with van der Waals surface area (Å²) < 4.78 is 11.4. The molecule has 120 valence electrons. The predicted molar refractivity (Wildman–Crippen MR) is 84.0 cm³/mol. The summed E-state index contributed by atoms with van der Waals surface area (Å²) in [5, 5.41) is 7.02. The summed E-state index contributed by atoms with van der Waals surface area (Å²) in [5.41, 5.74) is 2.00. The number of nitrogens with zero attached hydrogens (tertiary/aromatic N) is 2. The number of hydrogen-bond donors (Lipinski definition) is 1. The lowest BCUT2D eigenvalue weighted by Gasteiger charge is -2.39. The predicted octanol–water partition coefficient (Wildman–Crippen LogP) is 1.71. The van der Waals surface area contributed by atoms with Gasteiger partial charge < -0.3 is 14.4 Å². The molecule has 0 bridgehead atoms. The van der Waals surface area contributed by atoms with Gasteiger partial charge in [-0.25, -0.2) is 0 Å². The van der Waals surface area contributed by atoms with Crippen molar-refractivity contribution in [2.24, 2.45) is 0 Å². The van der Waals surface area contributed by atoms with E-state index in [2.05, 4.69) is 10.2 Å². The molecular weight excluding hydrogens is 294 g/mol. The molecule has 2 saturated heterocycles. The standard InChI is InChI=1S/C17H19N3O3/c21-16(20-7-9-23-17(11-20)6-8-22-12-17)14-10-18-19-15(14)13-4-2-1-3-5-13/h1-5,10H,6-9,11-12H2,(H,18,19). The summed E-state index contributed by atoms with van der Waals surface area (Å²) in [6.45, 7) is 2.98. The van der Waals surface area contributed by atoms with Crippen LogP contribution >= 0.6 is 0 Å². The Balaban J connectivity index is 1.59. The number of amides is 1. The summed E-state index contributed by atoms with van der Waals surface area (Å²) in [5.74, 6) is -0.00724. The van der Waals surface area contributed by atoms with Gasteiger partial charge in [0.25, 0.3) is 5.91 Å². The fraction of sp³-hybridized carbons (Fsp3) is 0.412. The second-order valence-electron chi connectivity index (χ2n) is 6.09. The zero-order valence-electron chi connectivity index (χ0n) is 12.8. The van der Waals surface area contributed by atoms with Crippen molar-refractivity contribution in [3.63, 3.8) is 0 Å². The third-order valence-electron chi connectivity index (χ3n) is 4.54. The smallest absolute Gasteiger partial charge is 0.257 e. The molecule has 4 rings (SSSR count). The van der Waals surface area contributed by atoms with E-state index in [0.717, 1.165) is 17.7 Å². The lowest BCUT2D eigenvalue weighted by molar-refractivity contribution is -0.0995. The summed E-state index contributed by atoms with van der Waals surface area (Å²) in [6, 6.07) is 9.78. The second kappa shape index (κ2) is 5.79. The van der Waals surface area contributed by atoms with Crippen molar-refractivity contribution in [3.05, 3.63) is 42.1 Å². The molecule has 1 atom stereocenters. The minimum absolute atomic E-state index is 0.00724. The Morgan fingerprint density at radius 1 is 1.26 bits per heavy atom. The number of benzene rings is 1. The SMILES string of the molecule is O=C(c1cn[nH]c1-c1ccccc1)N1CCOC2(CCOC2)C1. The Kier molecular flexibility index (Phi) is 3.63. The normalized spacial score (nSPS) is 24.3. The van der Waals surface area contributed by atoms with Gasteiger partial charge in [-0.1, -0.05) is 30.3 Å². The van der Waals surface area contributed by atoms with Crippen molar-refractivity contribution < 1.29 is 14.3 Å². The van der Waals surface area contributed by atoms with Crippen LogP contribution in [-0.4, -0.2) is 59.5 Å². The zero-order chi connectivity index (χ0) is 15.7. The van der Waals surface area contributed by atoms with Gasteiger partial charge in [-0.15, -0.1) is 0 Å². The lowest BCUT2D eigenvalue weighted by Crippen LogP contribution is -2.54. The van der Waals surface area contributed by atoms with Crippen LogP contribution < -0.4 is 0 Å². The Morgan fingerprint density at radius 2 is 2.13 bits per heavy atom. The highest BCUT2D eigenvalue weighted by Crippen LogP contribution is 2.29. The fourth-order valence-electron chi connectivity index (χ4n) is 3.29. The van der Waals surface area contributed by atoms with E-state index < -0.39 is 0 Å². The monoisotopic (exact) mass is 313 g/mol. The van der Waals surface area contributed by atoms with E-state index in [1.54, 1.807) is 6.20 Å². The van der Waals surface area contributed by atoms with Gasteiger partial charge in [-0.2, -0.15) is 5.10 Å². The molecule has 2 aliphatic rings. The highest BCUT2D eigenvalue weighted by Gasteiger charge is 2.42. The second-order valence-corrected chi connectivity index (χ2v) is 6.09. The quantitative estimate of drug-likeness (QED) is 0.916. The first-order chi connectivity index (χ1) is 11.3. The van der Waals surface area contributed by atoms with Crippen LogP contribution in [0.25, 0.3) is 11.3 Å². The van der Waals surface area contributed by atoms with Crippen LogP contribution in [0.15, 0.2) is 36.5 Å². The minimum Gasteiger partial charge on any atom is -0.378 e. The van der Waals surface area contributed by atoms with E-state index >= 15 is 0 Å². The molecule has 1 N–H and O–H groups in total. The van der Waals surface area contributed by atoms with Crippen molar-refractivity contribution in [3.8, 4) is 11.3 Å². The third kappa shape index (κ3) is 2.64. The summed E-state index contributed by atoms with van der Waals surface area (Å²) in [4.78, 5) is 14.8. The van der Waals surface area contributed by atoms with Crippen LogP contribution in [-0.2, 0) is 9.47 Å². The molecule has 2 fully saturated rings. The molecule has 0 saturated carbocycles. The topological polar surface area (TPSA) is 67.5 Å². The minimum atomic E-state index is -0.329. The number of aromatic nitrogens is 2. The van der Waals surface area contributed by atoms with E-state index in [1.165, 1.54) is 0 Å². The van der Waals surface area contributed by atoms with Gasteiger partial charge in [0.05, 0.1) is 37.2 Å². The van der Waals surface area contributed by atoms with Gasteiger partial charge in [-0.3, -0.25) is 9.89 Å². The molecule has 1 aromatic carbocycles. The molecule has 2 aliphatic heterocycles. The molecule has 0 aliphatic carbocycles. The molecule has 1 aromatic heterocycles. The van der Waals surface area contributed by atoms with E-state index in [4.69, 9.17) is 9.47 Å². The number of hydrogen-bond acceptors (Lipinski definition) is 4. The maximum absolute atomic E-state index is 13.0. The number of morpholine rings is 1. The van der Waals surface area contributed by atoms with Crippen LogP contribution in [0.1, 0.15) is 16.8 Å². The third-order valence-corrected chi connectivity index (χ3v) is 4.54. The molecule has 6 nitrogen and oxygen atoms in total. The highest BCUT2D eigenvalue weighted by atomic mass is 16.6. The maximum atomic E-state index is 13.0. The van der Waals surface area contributed by atoms with Gasteiger partial charge in [-0.05, 0) is 0 Å². The van der Waals surface area contributed by atoms with E-state index in [9.17, 15) is 4.79 Å². The van der Waals surface area contributed by atoms with E-state index in [1.807, 2.05) is 35.2 Å². The van der Waals surface area contributed by atoms with Crippen LogP contribution in [0.4, 0.5) is 0 Å². The first-order valence-corrected chi connectivity index (χ1v) is 7.87. The maximum Gasteiger partial charge on any atom is 0.257 e. The van der Waals surface area contributed by atoms with Gasteiger partial charge >= 0.3 is 0 Å². The molecule has 6 heteroatoms. The molecule has 1 spiro atoms. The van der Waals surface area contributed by atoms with Gasteiger partial charge in [0.1, 0.15) is 5.60 Å². The van der Waals surface area contributed by atoms with Crippen molar-refractivity contribution in [2.75, 3.05) is 32.9 Å². The number of carbonyl (C=O) groups is 1. The van der Waals surface area contributed by atoms with Crippen molar-refractivity contribution in [1.29, 1.82) is 0 Å². The summed E-state index contributed by atoms with van der Waals surface area (Å²) in [6.07, 6.45) is 2.45. The van der Waals surface area contributed by atoms with Gasteiger partial charge in [0, 0.05) is 25.1 Å². The fourth-order valence-corrected chi connectivity index (χ4v) is 3.29. The average molecular weight is 313 g/mol. The number of H-pyrrole nitrogens is 1. The number of ether oxygens (including phenoxy) is 2. The molecule has 1 amide bonds. The van der Waals surface area contributed by atoms with Crippen LogP contribution in [0.5, 0.6) is 0 Å². The average Bonchev–Trinajstić information content (AvgIpc) is 3.25. The zero-order valence-corrected chi connectivity index (χ0v) is 12.8. The highest BCUT2D eigenvalue weighted by molar-refractivity contribution is 5.99. The van der Waals surface area contributed by atoms with E-state index in [0.29, 0.717) is 38.5 Å². The Morgan fingerprint density at radius 3 is 2.91 bits per heavy atom. The van der Waals surface area contributed by atoms with Crippen LogP contribution in [0.2, 0.25) is 0 Å². The molecule has 1 unspecified atom stereocenters. The van der Waals surface area contributed by atoms with Crippen LogP contribution in [0, 0.1) is 0 Å². The molecule has 2 aromatic rings. The van der Waals surface area contributed by atoms with Crippen molar-refractivity contribution in [1.82, 2.24) is 15.1 Å². The van der Waals surface area contributed by atoms with Gasteiger partial charge in [0.2, 0.25) is 0 Å². The number of nitrogens with one attached hydrogen (secondary N) is 1. The van der Waals surface area contributed by atoms with Crippen LogP contribution in [0.3, 0.4) is 0 Å². The summed E-state index contributed by atoms with van der Waals surface area (Å²) in [7, 11) is 0. The first-order valence-electron chi connectivity index (χ1n) is 7.87. The van der Waals surface area contributed by atoms with Crippen molar-refractivity contribution in [2.45, 2.75) is 12.0 Å². The number of aromatic amines is 1. The van der Waals surface area contributed by atoms with Gasteiger partial charge in [0.15, 0.2) is 0 Å². The number of carbonyl (C=O) groups excluding carboxylic acids is 1. The molecule has 0 radical (unpaired) electrons. The largest absolute Gasteiger partial charge is 0.378 e. The van der Waals surface area contributed by atoms with Crippen molar-refractivity contribution >= 4 is 5.91 Å². The number of rotatable bonds is 2.